The van der Waals surface area contributed by atoms with Gasteiger partial charge in [0.05, 0.1) is 15.6 Å². The maximum Gasteiger partial charge on any atom is 0.223 e. The zero-order valence-corrected chi connectivity index (χ0v) is 14.5. The van der Waals surface area contributed by atoms with Crippen LogP contribution in [0.15, 0.2) is 17.5 Å². The monoisotopic (exact) mass is 335 g/mol. The molecule has 2 aromatic heterocycles. The third-order valence-electron chi connectivity index (χ3n) is 4.14. The minimum atomic E-state index is 0.109. The van der Waals surface area contributed by atoms with Gasteiger partial charge in [-0.2, -0.15) is 0 Å². The number of aromatic nitrogens is 1. The van der Waals surface area contributed by atoms with E-state index in [0.29, 0.717) is 12.5 Å². The number of aryl methyl sites for hydroxylation is 1. The Labute approximate surface area is 139 Å². The predicted molar refractivity (Wildman–Crippen MR) is 92.4 cm³/mol. The molecule has 4 nitrogen and oxygen atoms in total. The Morgan fingerprint density at radius 1 is 1.50 bits per heavy atom. The molecule has 2 N–H and O–H groups in total. The molecule has 1 fully saturated rings. The Morgan fingerprint density at radius 3 is 2.95 bits per heavy atom. The lowest BCUT2D eigenvalue weighted by Crippen LogP contribution is -2.49. The Balaban J connectivity index is 1.47. The van der Waals surface area contributed by atoms with E-state index in [0.717, 1.165) is 30.2 Å². The van der Waals surface area contributed by atoms with Gasteiger partial charge >= 0.3 is 0 Å². The van der Waals surface area contributed by atoms with Crippen molar-refractivity contribution in [2.75, 3.05) is 19.6 Å². The normalized spacial score (nSPS) is 16.3. The molecule has 1 atom stereocenters. The topological polar surface area (TPSA) is 54.0 Å². The van der Waals surface area contributed by atoms with Gasteiger partial charge in [0.15, 0.2) is 0 Å². The highest BCUT2D eigenvalue weighted by molar-refractivity contribution is 7.16. The fourth-order valence-electron chi connectivity index (χ4n) is 2.48. The fourth-order valence-corrected chi connectivity index (χ4v) is 4.13. The summed E-state index contributed by atoms with van der Waals surface area (Å²) in [4.78, 5) is 19.1. The summed E-state index contributed by atoms with van der Waals surface area (Å²) in [7, 11) is 0. The largest absolute Gasteiger partial charge is 0.355 e. The fraction of sp³-hybridized carbons (Fsp3) is 0.500. The second-order valence-corrected chi connectivity index (χ2v) is 8.00. The molecular weight excluding hydrogens is 314 g/mol. The predicted octanol–water partition coefficient (Wildman–Crippen LogP) is 2.69. The number of hydrogen-bond donors (Lipinski definition) is 2. The first-order valence-corrected chi connectivity index (χ1v) is 9.32. The van der Waals surface area contributed by atoms with Crippen molar-refractivity contribution in [3.8, 4) is 10.6 Å². The van der Waals surface area contributed by atoms with Crippen LogP contribution in [0.5, 0.6) is 0 Å². The summed E-state index contributed by atoms with van der Waals surface area (Å²) in [6.07, 6.45) is 0.884. The van der Waals surface area contributed by atoms with Crippen LogP contribution in [0.2, 0.25) is 0 Å². The number of nitrogens with zero attached hydrogens (tertiary/aromatic N) is 1. The van der Waals surface area contributed by atoms with E-state index in [-0.39, 0.29) is 11.8 Å². The lowest BCUT2D eigenvalue weighted by Gasteiger charge is -2.31. The third kappa shape index (κ3) is 3.56. The maximum atomic E-state index is 12.1. The summed E-state index contributed by atoms with van der Waals surface area (Å²) < 4.78 is 0. The van der Waals surface area contributed by atoms with Crippen molar-refractivity contribution < 1.29 is 4.79 Å². The number of rotatable bonds is 6. The van der Waals surface area contributed by atoms with Crippen LogP contribution >= 0.6 is 22.7 Å². The quantitative estimate of drug-likeness (QED) is 0.853. The van der Waals surface area contributed by atoms with Crippen LogP contribution in [0.25, 0.3) is 10.6 Å². The Hall–Kier alpha value is -1.24. The molecule has 1 amide bonds. The first-order chi connectivity index (χ1) is 10.6. The molecule has 2 aromatic rings. The Kier molecular flexibility index (Phi) is 4.90. The summed E-state index contributed by atoms with van der Waals surface area (Å²) in [5.41, 5.74) is 1.06. The van der Waals surface area contributed by atoms with E-state index >= 15 is 0 Å². The zero-order valence-electron chi connectivity index (χ0n) is 12.9. The highest BCUT2D eigenvalue weighted by Crippen LogP contribution is 2.29. The minimum absolute atomic E-state index is 0.109. The molecule has 1 aliphatic rings. The van der Waals surface area contributed by atoms with Gasteiger partial charge in [-0.3, -0.25) is 4.79 Å². The smallest absolute Gasteiger partial charge is 0.223 e. The van der Waals surface area contributed by atoms with E-state index in [2.05, 4.69) is 33.1 Å². The molecule has 1 aliphatic heterocycles. The summed E-state index contributed by atoms with van der Waals surface area (Å²) in [6, 6.07) is 4.26. The average molecular weight is 335 g/mol. The molecule has 0 radical (unpaired) electrons. The van der Waals surface area contributed by atoms with Gasteiger partial charge in [0.1, 0.15) is 0 Å². The summed E-state index contributed by atoms with van der Waals surface area (Å²) in [6.45, 7) is 6.69. The molecule has 0 aromatic carbocycles. The number of thiophene rings is 1. The maximum absolute atomic E-state index is 12.1. The summed E-state index contributed by atoms with van der Waals surface area (Å²) >= 11 is 3.44. The standard InChI is InChI=1S/C16H21N3OS2/c1-10(12-7-17-8-12)16(20)18-6-5-13-3-4-15(22-13)14-9-21-11(2)19-14/h3-4,9-10,12,17H,5-8H2,1-2H3,(H,18,20). The summed E-state index contributed by atoms with van der Waals surface area (Å²) in [5.74, 6) is 0.790. The molecule has 3 rings (SSSR count). The number of hydrogen-bond acceptors (Lipinski definition) is 5. The van der Waals surface area contributed by atoms with Crippen molar-refractivity contribution in [1.82, 2.24) is 15.6 Å². The van der Waals surface area contributed by atoms with Crippen LogP contribution in [-0.4, -0.2) is 30.5 Å². The van der Waals surface area contributed by atoms with Crippen LogP contribution in [0.4, 0.5) is 0 Å². The van der Waals surface area contributed by atoms with Crippen molar-refractivity contribution in [1.29, 1.82) is 0 Å². The van der Waals surface area contributed by atoms with E-state index < -0.39 is 0 Å². The number of nitrogens with one attached hydrogen (secondary N) is 2. The minimum Gasteiger partial charge on any atom is -0.355 e. The SMILES string of the molecule is Cc1nc(-c2ccc(CCNC(=O)C(C)C3CNC3)s2)cs1. The highest BCUT2D eigenvalue weighted by Gasteiger charge is 2.28. The van der Waals surface area contributed by atoms with Gasteiger partial charge in [0, 0.05) is 22.7 Å². The van der Waals surface area contributed by atoms with Crippen LogP contribution in [0.1, 0.15) is 16.8 Å². The van der Waals surface area contributed by atoms with Crippen LogP contribution < -0.4 is 10.6 Å². The van der Waals surface area contributed by atoms with Crippen molar-refractivity contribution in [2.45, 2.75) is 20.3 Å². The van der Waals surface area contributed by atoms with Gasteiger partial charge in [-0.1, -0.05) is 6.92 Å². The van der Waals surface area contributed by atoms with Gasteiger partial charge in [0.25, 0.3) is 0 Å². The van der Waals surface area contributed by atoms with E-state index in [1.165, 1.54) is 9.75 Å². The van der Waals surface area contributed by atoms with E-state index in [9.17, 15) is 4.79 Å². The van der Waals surface area contributed by atoms with Crippen LogP contribution in [-0.2, 0) is 11.2 Å². The van der Waals surface area contributed by atoms with Crippen molar-refractivity contribution in [3.05, 3.63) is 27.4 Å². The van der Waals surface area contributed by atoms with Crippen molar-refractivity contribution in [3.63, 3.8) is 0 Å². The number of thiazole rings is 1. The first kappa shape index (κ1) is 15.6. The zero-order chi connectivity index (χ0) is 15.5. The van der Waals surface area contributed by atoms with E-state index in [1.807, 2.05) is 13.8 Å². The van der Waals surface area contributed by atoms with Crippen LogP contribution in [0.3, 0.4) is 0 Å². The molecule has 0 saturated carbocycles. The lowest BCUT2D eigenvalue weighted by molar-refractivity contribution is -0.126. The Bertz CT molecular complexity index is 645. The van der Waals surface area contributed by atoms with Crippen molar-refractivity contribution >= 4 is 28.6 Å². The lowest BCUT2D eigenvalue weighted by atomic mass is 9.88. The molecular formula is C16H21N3OS2. The molecule has 3 heterocycles. The average Bonchev–Trinajstić information content (AvgIpc) is 3.05. The number of carbonyl (C=O) groups is 1. The van der Waals surface area contributed by atoms with Gasteiger partial charge in [0.2, 0.25) is 5.91 Å². The van der Waals surface area contributed by atoms with E-state index in [4.69, 9.17) is 0 Å². The number of amides is 1. The van der Waals surface area contributed by atoms with Crippen molar-refractivity contribution in [2.24, 2.45) is 11.8 Å². The molecule has 0 spiro atoms. The van der Waals surface area contributed by atoms with Gasteiger partial charge in [-0.05, 0) is 44.5 Å². The van der Waals surface area contributed by atoms with Gasteiger partial charge < -0.3 is 10.6 Å². The molecule has 1 saturated heterocycles. The summed E-state index contributed by atoms with van der Waals surface area (Å²) in [5, 5.41) is 9.47. The second-order valence-electron chi connectivity index (χ2n) is 5.77. The molecule has 6 heteroatoms. The third-order valence-corrected chi connectivity index (χ3v) is 6.08. The van der Waals surface area contributed by atoms with E-state index in [1.54, 1.807) is 22.7 Å². The number of carbonyl (C=O) groups excluding carboxylic acids is 1. The molecule has 22 heavy (non-hydrogen) atoms. The first-order valence-electron chi connectivity index (χ1n) is 7.63. The second kappa shape index (κ2) is 6.89. The Morgan fingerprint density at radius 2 is 2.32 bits per heavy atom. The highest BCUT2D eigenvalue weighted by atomic mass is 32.1. The molecule has 0 bridgehead atoms. The molecule has 1 unspecified atom stereocenters. The van der Waals surface area contributed by atoms with Gasteiger partial charge in [-0.25, -0.2) is 4.98 Å². The molecule has 118 valence electrons. The van der Waals surface area contributed by atoms with Crippen LogP contribution in [0, 0.1) is 18.8 Å². The van der Waals surface area contributed by atoms with Gasteiger partial charge in [-0.15, -0.1) is 22.7 Å². The molecule has 0 aliphatic carbocycles.